The molecule has 2 aliphatic rings. The van der Waals surface area contributed by atoms with Gasteiger partial charge >= 0.3 is 0 Å². The quantitative estimate of drug-likeness (QED) is 0.192. The number of aromatic nitrogens is 1. The number of pyridine rings is 1. The van der Waals surface area contributed by atoms with Gasteiger partial charge in [-0.1, -0.05) is 57.2 Å². The Labute approximate surface area is 270 Å². The van der Waals surface area contributed by atoms with Crippen LogP contribution in [0.15, 0.2) is 95.7 Å². The minimum absolute atomic E-state index is 0.0180. The zero-order valence-electron chi connectivity index (χ0n) is 26.0. The first-order chi connectivity index (χ1) is 22.2. The Hall–Kier alpha value is -4.70. The predicted octanol–water partition coefficient (Wildman–Crippen LogP) is 7.50. The van der Waals surface area contributed by atoms with Crippen LogP contribution in [0.3, 0.4) is 0 Å². The highest BCUT2D eigenvalue weighted by Gasteiger charge is 2.45. The number of halogens is 1. The monoisotopic (exact) mass is 641 g/mol. The van der Waals surface area contributed by atoms with Crippen molar-refractivity contribution >= 4 is 28.1 Å². The molecule has 0 bridgehead atoms. The summed E-state index contributed by atoms with van der Waals surface area (Å²) in [5.74, 6) is -0.433. The van der Waals surface area contributed by atoms with Gasteiger partial charge in [0.2, 0.25) is 0 Å². The van der Waals surface area contributed by atoms with Gasteiger partial charge in [-0.25, -0.2) is 9.37 Å². The third-order valence-corrected chi connectivity index (χ3v) is 9.95. The molecule has 0 saturated carbocycles. The van der Waals surface area contributed by atoms with Crippen molar-refractivity contribution in [2.24, 2.45) is 5.41 Å². The number of hydrogen-bond acceptors (Lipinski definition) is 7. The summed E-state index contributed by atoms with van der Waals surface area (Å²) in [5, 5.41) is 14.4. The fourth-order valence-electron chi connectivity index (χ4n) is 5.91. The lowest BCUT2D eigenvalue weighted by Crippen LogP contribution is -2.40. The Balaban J connectivity index is 1.53. The van der Waals surface area contributed by atoms with E-state index in [9.17, 15) is 14.1 Å². The fraction of sp³-hybridized carbons (Fsp3) is 0.278. The summed E-state index contributed by atoms with van der Waals surface area (Å²) < 4.78 is 42.4. The first-order valence-corrected chi connectivity index (χ1v) is 16.6. The Kier molecular flexibility index (Phi) is 8.82. The summed E-state index contributed by atoms with van der Waals surface area (Å²) in [6.45, 7) is 6.59. The second-order valence-corrected chi connectivity index (χ2v) is 13.6. The summed E-state index contributed by atoms with van der Waals surface area (Å²) in [5.41, 5.74) is 1.84. The largest absolute Gasteiger partial charge is 0.506 e. The molecular weight excluding hydrogens is 605 g/mol. The third kappa shape index (κ3) is 6.22. The molecular formula is C36H36FN3O5S. The first kappa shape index (κ1) is 31.3. The fourth-order valence-corrected chi connectivity index (χ4v) is 7.75. The molecule has 0 saturated heterocycles. The van der Waals surface area contributed by atoms with E-state index in [1.54, 1.807) is 36.4 Å². The van der Waals surface area contributed by atoms with Crippen molar-refractivity contribution in [3.63, 3.8) is 0 Å². The number of carbonyl (C=O) groups is 1. The summed E-state index contributed by atoms with van der Waals surface area (Å²) in [6.07, 6.45) is 2.67. The lowest BCUT2D eigenvalue weighted by atomic mass is 9.88. The molecule has 8 nitrogen and oxygen atoms in total. The highest BCUT2D eigenvalue weighted by Crippen LogP contribution is 2.51. The van der Waals surface area contributed by atoms with Gasteiger partial charge in [-0.05, 0) is 60.2 Å². The maximum absolute atomic E-state index is 16.4. The summed E-state index contributed by atoms with van der Waals surface area (Å²) in [6, 6.07) is 21.1. The van der Waals surface area contributed by atoms with Gasteiger partial charge in [0.1, 0.15) is 35.7 Å². The number of hydrogen-bond donors (Lipinski definition) is 2. The van der Waals surface area contributed by atoms with Gasteiger partial charge in [0.15, 0.2) is 11.4 Å². The maximum Gasteiger partial charge on any atom is 0.281 e. The van der Waals surface area contributed by atoms with Crippen molar-refractivity contribution in [3.8, 4) is 17.2 Å². The number of carbonyl (C=O) groups excluding carboxylic acids is 1. The van der Waals surface area contributed by atoms with Crippen molar-refractivity contribution in [3.05, 3.63) is 118 Å². The number of nitrogens with one attached hydrogen (secondary N) is 1. The molecule has 238 valence electrons. The van der Waals surface area contributed by atoms with Gasteiger partial charge in [0.25, 0.3) is 5.91 Å². The van der Waals surface area contributed by atoms with E-state index < -0.39 is 28.6 Å². The van der Waals surface area contributed by atoms with Crippen LogP contribution < -0.4 is 19.7 Å². The third-order valence-electron chi connectivity index (χ3n) is 7.95. The van der Waals surface area contributed by atoms with Crippen LogP contribution in [0.5, 0.6) is 17.2 Å². The molecule has 46 heavy (non-hydrogen) atoms. The molecule has 2 N–H and O–H groups in total. The summed E-state index contributed by atoms with van der Waals surface area (Å²) in [7, 11) is -1.62. The molecule has 2 aliphatic heterocycles. The minimum Gasteiger partial charge on any atom is -0.506 e. The molecule has 6 rings (SSSR count). The van der Waals surface area contributed by atoms with Crippen LogP contribution in [0.25, 0.3) is 0 Å². The van der Waals surface area contributed by atoms with E-state index in [0.29, 0.717) is 41.6 Å². The van der Waals surface area contributed by atoms with Crippen molar-refractivity contribution in [2.45, 2.75) is 46.3 Å². The Morgan fingerprint density at radius 2 is 1.89 bits per heavy atom. The number of aromatic hydroxyl groups is 1. The van der Waals surface area contributed by atoms with Gasteiger partial charge < -0.3 is 19.9 Å². The lowest BCUT2D eigenvalue weighted by molar-refractivity contribution is 0.0971. The van der Waals surface area contributed by atoms with E-state index in [0.717, 1.165) is 5.56 Å². The molecule has 1 aromatic heterocycles. The molecule has 0 fully saturated rings. The van der Waals surface area contributed by atoms with Gasteiger partial charge in [0, 0.05) is 29.3 Å². The van der Waals surface area contributed by atoms with Crippen molar-refractivity contribution in [1.29, 1.82) is 0 Å². The van der Waals surface area contributed by atoms with Gasteiger partial charge in [0.05, 0.1) is 28.0 Å². The molecule has 2 unspecified atom stereocenters. The van der Waals surface area contributed by atoms with Gasteiger partial charge in [-0.3, -0.25) is 13.9 Å². The maximum atomic E-state index is 16.4. The molecule has 0 radical (unpaired) electrons. The number of anilines is 2. The van der Waals surface area contributed by atoms with Crippen LogP contribution in [0, 0.1) is 11.2 Å². The molecule has 1 amide bonds. The van der Waals surface area contributed by atoms with Crippen LogP contribution >= 0.6 is 0 Å². The second kappa shape index (κ2) is 13.0. The summed E-state index contributed by atoms with van der Waals surface area (Å²) >= 11 is 0. The highest BCUT2D eigenvalue weighted by molar-refractivity contribution is 7.89. The number of allylic oxidation sites excluding steroid dienone is 1. The Bertz CT molecular complexity index is 1830. The van der Waals surface area contributed by atoms with E-state index in [-0.39, 0.29) is 46.2 Å². The number of para-hydroxylation sites is 1. The molecule has 3 aromatic carbocycles. The van der Waals surface area contributed by atoms with E-state index in [2.05, 4.69) is 10.3 Å². The number of benzene rings is 3. The van der Waals surface area contributed by atoms with Crippen LogP contribution in [0.4, 0.5) is 15.8 Å². The SMILES string of the molecule is CCCOc1cccnc1C(=O)N1c2cccc(O)c2NC2=C(C1c1ccc(OCc3ccccc3)cc1F)S(=O)CC(C)(C)C2. The molecule has 10 heteroatoms. The molecule has 0 spiro atoms. The van der Waals surface area contributed by atoms with E-state index >= 15 is 4.39 Å². The number of phenols is 1. The number of fused-ring (bicyclic) bond motifs is 1. The van der Waals surface area contributed by atoms with Gasteiger partial charge in [-0.15, -0.1) is 0 Å². The second-order valence-electron chi connectivity index (χ2n) is 12.2. The van der Waals surface area contributed by atoms with Crippen LogP contribution in [0.2, 0.25) is 0 Å². The number of nitrogens with zero attached hydrogens (tertiary/aromatic N) is 2. The number of amides is 1. The average molecular weight is 642 g/mol. The standard InChI is InChI=1S/C36H36FN3O5S/c1-4-18-44-30-14-9-17-38-32(30)35(42)40-28-12-8-13-29(41)31(28)39-27-20-36(2,3)22-46(43)34(27)33(40)25-16-15-24(19-26(25)37)45-21-23-10-6-5-7-11-23/h5-17,19,33,39,41H,4,18,20-22H2,1-3H3. The minimum atomic E-state index is -1.62. The Morgan fingerprint density at radius 3 is 2.65 bits per heavy atom. The number of ether oxygens (including phenoxy) is 2. The average Bonchev–Trinajstić information content (AvgIpc) is 3.18. The van der Waals surface area contributed by atoms with Crippen LogP contribution in [-0.4, -0.2) is 32.6 Å². The van der Waals surface area contributed by atoms with Crippen molar-refractivity contribution in [1.82, 2.24) is 4.98 Å². The topological polar surface area (TPSA) is 101 Å². The summed E-state index contributed by atoms with van der Waals surface area (Å²) in [4.78, 5) is 20.9. The van der Waals surface area contributed by atoms with E-state index in [1.165, 1.54) is 23.2 Å². The number of phenolic OH excluding ortho intramolecular Hbond substituents is 1. The molecule has 3 heterocycles. The van der Waals surface area contributed by atoms with Gasteiger partial charge in [-0.2, -0.15) is 0 Å². The molecule has 4 aromatic rings. The van der Waals surface area contributed by atoms with Crippen LogP contribution in [-0.2, 0) is 17.4 Å². The highest BCUT2D eigenvalue weighted by atomic mass is 32.2. The van der Waals surface area contributed by atoms with E-state index in [4.69, 9.17) is 9.47 Å². The smallest absolute Gasteiger partial charge is 0.281 e. The normalized spacial score (nSPS) is 18.6. The molecule has 0 aliphatic carbocycles. The van der Waals surface area contributed by atoms with Crippen LogP contribution in [0.1, 0.15) is 61.3 Å². The van der Waals surface area contributed by atoms with Crippen molar-refractivity contribution in [2.75, 3.05) is 22.6 Å². The zero-order valence-corrected chi connectivity index (χ0v) is 26.8. The predicted molar refractivity (Wildman–Crippen MR) is 177 cm³/mol. The van der Waals surface area contributed by atoms with E-state index in [1.807, 2.05) is 51.1 Å². The lowest BCUT2D eigenvalue weighted by Gasteiger charge is -2.37. The zero-order chi connectivity index (χ0) is 32.4. The first-order valence-electron chi connectivity index (χ1n) is 15.2. The number of rotatable bonds is 8. The van der Waals surface area contributed by atoms with Crippen molar-refractivity contribution < 1.29 is 28.0 Å². The molecule has 2 atom stereocenters. The Morgan fingerprint density at radius 1 is 1.09 bits per heavy atom.